The molecule has 0 saturated carbocycles. The van der Waals surface area contributed by atoms with Gasteiger partial charge in [0.2, 0.25) is 0 Å². The molecule has 0 spiro atoms. The third kappa shape index (κ3) is 1.11. The van der Waals surface area contributed by atoms with Gasteiger partial charge in [-0.2, -0.15) is 0 Å². The summed E-state index contributed by atoms with van der Waals surface area (Å²) in [6.07, 6.45) is -0.802. The second-order valence-electron chi connectivity index (χ2n) is 4.44. The molecule has 4 atom stereocenters. The molecular formula is C11H12O6. The lowest BCUT2D eigenvalue weighted by molar-refractivity contribution is -0.140. The van der Waals surface area contributed by atoms with Crippen molar-refractivity contribution in [3.63, 3.8) is 0 Å². The molecule has 0 aromatic carbocycles. The normalized spacial score (nSPS) is 41.2. The molecule has 2 bridgehead atoms. The van der Waals surface area contributed by atoms with Crippen molar-refractivity contribution in [2.45, 2.75) is 30.8 Å². The van der Waals surface area contributed by atoms with Crippen molar-refractivity contribution in [1.82, 2.24) is 0 Å². The van der Waals surface area contributed by atoms with Crippen LogP contribution in [0.1, 0.15) is 6.92 Å². The molecule has 3 rings (SSSR count). The molecule has 0 N–H and O–H groups in total. The number of hydrogen-bond acceptors (Lipinski definition) is 6. The molecule has 0 unspecified atom stereocenters. The lowest BCUT2D eigenvalue weighted by Crippen LogP contribution is -2.37. The van der Waals surface area contributed by atoms with Crippen LogP contribution in [0.4, 0.5) is 0 Å². The van der Waals surface area contributed by atoms with E-state index in [0.717, 1.165) is 0 Å². The van der Waals surface area contributed by atoms with Gasteiger partial charge in [-0.3, -0.25) is 0 Å². The quantitative estimate of drug-likeness (QED) is 0.481. The summed E-state index contributed by atoms with van der Waals surface area (Å²) in [5.41, 5.74) is -0.414. The summed E-state index contributed by atoms with van der Waals surface area (Å²) >= 11 is 0. The van der Waals surface area contributed by atoms with Gasteiger partial charge >= 0.3 is 11.9 Å². The van der Waals surface area contributed by atoms with Crippen molar-refractivity contribution in [3.05, 3.63) is 11.1 Å². The number of fused-ring (bicyclic) bond motifs is 5. The molecule has 3 aliphatic heterocycles. The van der Waals surface area contributed by atoms with Crippen LogP contribution < -0.4 is 0 Å². The van der Waals surface area contributed by atoms with Gasteiger partial charge in [0, 0.05) is 0 Å². The largest absolute Gasteiger partial charge is 0.466 e. The number of esters is 2. The number of epoxide rings is 1. The van der Waals surface area contributed by atoms with Crippen molar-refractivity contribution in [2.75, 3.05) is 14.2 Å². The summed E-state index contributed by atoms with van der Waals surface area (Å²) in [6, 6.07) is 0. The lowest BCUT2D eigenvalue weighted by Gasteiger charge is -2.21. The molecular weight excluding hydrogens is 228 g/mol. The SMILES string of the molecule is COC(=O)C1=C(C(=O)OC)[C@@]2(C)O[C@@H]1[C@@H]1O[C@@H]12. The maximum Gasteiger partial charge on any atom is 0.337 e. The second-order valence-corrected chi connectivity index (χ2v) is 4.44. The van der Waals surface area contributed by atoms with Crippen molar-refractivity contribution in [3.8, 4) is 0 Å². The second kappa shape index (κ2) is 3.08. The zero-order chi connectivity index (χ0) is 12.4. The van der Waals surface area contributed by atoms with Crippen LogP contribution in [0.3, 0.4) is 0 Å². The standard InChI is InChI=1S/C11H12O6/c1-11-5(10(13)15-3)4(9(12)14-2)6(17-11)7-8(11)16-7/h6-8H,1-3H3/t6-,7-,8-,11+/m0/s1. The van der Waals surface area contributed by atoms with Gasteiger partial charge in [0.05, 0.1) is 25.4 Å². The number of rotatable bonds is 2. The minimum absolute atomic E-state index is 0.137. The maximum atomic E-state index is 11.8. The minimum atomic E-state index is -0.883. The Balaban J connectivity index is 2.11. The van der Waals surface area contributed by atoms with Gasteiger partial charge in [-0.25, -0.2) is 9.59 Å². The summed E-state index contributed by atoms with van der Waals surface area (Å²) < 4.78 is 20.5. The molecule has 2 fully saturated rings. The van der Waals surface area contributed by atoms with Gasteiger partial charge in [-0.15, -0.1) is 0 Å². The van der Waals surface area contributed by atoms with Gasteiger partial charge in [-0.1, -0.05) is 0 Å². The van der Waals surface area contributed by atoms with E-state index in [1.54, 1.807) is 6.92 Å². The maximum absolute atomic E-state index is 11.8. The predicted octanol–water partition coefficient (Wildman–Crippen LogP) is -0.433. The van der Waals surface area contributed by atoms with Gasteiger partial charge in [0.1, 0.15) is 23.9 Å². The summed E-state index contributed by atoms with van der Waals surface area (Å²) in [7, 11) is 2.54. The molecule has 2 saturated heterocycles. The van der Waals surface area contributed by atoms with Gasteiger partial charge in [0.25, 0.3) is 0 Å². The monoisotopic (exact) mass is 240 g/mol. The van der Waals surface area contributed by atoms with Crippen LogP contribution in [0.2, 0.25) is 0 Å². The Morgan fingerprint density at radius 3 is 2.47 bits per heavy atom. The highest BCUT2D eigenvalue weighted by Crippen LogP contribution is 2.57. The van der Waals surface area contributed by atoms with Crippen molar-refractivity contribution in [1.29, 1.82) is 0 Å². The Morgan fingerprint density at radius 2 is 1.88 bits per heavy atom. The van der Waals surface area contributed by atoms with E-state index in [1.165, 1.54) is 14.2 Å². The summed E-state index contributed by atoms with van der Waals surface area (Å²) in [4.78, 5) is 23.5. The molecule has 0 aromatic heterocycles. The number of carbonyl (C=O) groups excluding carboxylic acids is 2. The van der Waals surface area contributed by atoms with Crippen molar-refractivity contribution >= 4 is 11.9 Å². The van der Waals surface area contributed by atoms with Crippen LogP contribution in [0.25, 0.3) is 0 Å². The Morgan fingerprint density at radius 1 is 1.24 bits per heavy atom. The molecule has 6 heteroatoms. The third-order valence-corrected chi connectivity index (χ3v) is 3.58. The van der Waals surface area contributed by atoms with E-state index in [1.807, 2.05) is 0 Å². The fourth-order valence-corrected chi connectivity index (χ4v) is 2.77. The van der Waals surface area contributed by atoms with Crippen molar-refractivity contribution < 1.29 is 28.5 Å². The van der Waals surface area contributed by atoms with Gasteiger partial charge in [-0.05, 0) is 6.92 Å². The Bertz CT molecular complexity index is 453. The Hall–Kier alpha value is -1.40. The zero-order valence-corrected chi connectivity index (χ0v) is 9.68. The van der Waals surface area contributed by atoms with Crippen LogP contribution in [-0.2, 0) is 28.5 Å². The first-order valence-corrected chi connectivity index (χ1v) is 5.29. The predicted molar refractivity (Wildman–Crippen MR) is 53.0 cm³/mol. The topological polar surface area (TPSA) is 74.4 Å². The smallest absolute Gasteiger partial charge is 0.337 e. The van der Waals surface area contributed by atoms with E-state index >= 15 is 0 Å². The molecule has 17 heavy (non-hydrogen) atoms. The average molecular weight is 240 g/mol. The molecule has 0 aromatic rings. The number of ether oxygens (including phenoxy) is 4. The average Bonchev–Trinajstić information content (AvgIpc) is 3.02. The minimum Gasteiger partial charge on any atom is -0.466 e. The highest BCUT2D eigenvalue weighted by molar-refractivity contribution is 6.04. The number of hydrogen-bond donors (Lipinski definition) is 0. The van der Waals surface area contributed by atoms with Gasteiger partial charge < -0.3 is 18.9 Å². The summed E-state index contributed by atoms with van der Waals surface area (Å²) in [6.45, 7) is 1.74. The molecule has 6 nitrogen and oxygen atoms in total. The molecule has 0 amide bonds. The first kappa shape index (κ1) is 10.7. The van der Waals surface area contributed by atoms with Crippen LogP contribution in [0, 0.1) is 0 Å². The molecule has 3 heterocycles. The van der Waals surface area contributed by atoms with Crippen LogP contribution >= 0.6 is 0 Å². The summed E-state index contributed by atoms with van der Waals surface area (Å²) in [5, 5.41) is 0. The van der Waals surface area contributed by atoms with E-state index in [9.17, 15) is 9.59 Å². The number of carbonyl (C=O) groups is 2. The van der Waals surface area contributed by atoms with Gasteiger partial charge in [0.15, 0.2) is 0 Å². The zero-order valence-electron chi connectivity index (χ0n) is 9.68. The summed E-state index contributed by atoms with van der Waals surface area (Å²) in [5.74, 6) is -1.13. The molecule has 0 radical (unpaired) electrons. The number of methoxy groups -OCH3 is 2. The van der Waals surface area contributed by atoms with Crippen LogP contribution in [0.5, 0.6) is 0 Å². The molecule has 0 aliphatic carbocycles. The van der Waals surface area contributed by atoms with Crippen molar-refractivity contribution in [2.24, 2.45) is 0 Å². The highest BCUT2D eigenvalue weighted by atomic mass is 16.7. The fraction of sp³-hybridized carbons (Fsp3) is 0.636. The van der Waals surface area contributed by atoms with E-state index in [0.29, 0.717) is 0 Å². The van der Waals surface area contributed by atoms with E-state index in [-0.39, 0.29) is 23.4 Å². The fourth-order valence-electron chi connectivity index (χ4n) is 2.77. The van der Waals surface area contributed by atoms with E-state index in [2.05, 4.69) is 4.74 Å². The highest BCUT2D eigenvalue weighted by Gasteiger charge is 2.73. The molecule has 3 aliphatic rings. The van der Waals surface area contributed by atoms with Crippen LogP contribution in [0.15, 0.2) is 11.1 Å². The van der Waals surface area contributed by atoms with E-state index in [4.69, 9.17) is 14.2 Å². The lowest BCUT2D eigenvalue weighted by atomic mass is 9.83. The Kier molecular flexibility index (Phi) is 1.95. The van der Waals surface area contributed by atoms with E-state index < -0.39 is 23.6 Å². The first-order valence-electron chi connectivity index (χ1n) is 5.29. The third-order valence-electron chi connectivity index (χ3n) is 3.58. The first-order chi connectivity index (χ1) is 8.04. The Labute approximate surface area is 97.5 Å². The van der Waals surface area contributed by atoms with Crippen LogP contribution in [-0.4, -0.2) is 50.1 Å². The molecule has 92 valence electrons.